The van der Waals surface area contributed by atoms with Crippen LogP contribution in [0.25, 0.3) is 0 Å². The van der Waals surface area contributed by atoms with E-state index >= 15 is 0 Å². The minimum atomic E-state index is 0.471. The number of hydrogen-bond donors (Lipinski definition) is 2. The second-order valence-corrected chi connectivity index (χ2v) is 8.79. The van der Waals surface area contributed by atoms with Gasteiger partial charge in [-0.25, -0.2) is 9.98 Å². The van der Waals surface area contributed by atoms with E-state index in [0.717, 1.165) is 43.6 Å². The van der Waals surface area contributed by atoms with Gasteiger partial charge in [-0.2, -0.15) is 0 Å². The summed E-state index contributed by atoms with van der Waals surface area (Å²) in [6.45, 7) is 11.1. The minimum absolute atomic E-state index is 0.471. The Labute approximate surface area is 164 Å². The molecule has 0 aliphatic carbocycles. The molecule has 0 spiro atoms. The highest BCUT2D eigenvalue weighted by Gasteiger charge is 2.21. The van der Waals surface area contributed by atoms with E-state index < -0.39 is 0 Å². The van der Waals surface area contributed by atoms with Crippen LogP contribution in [0.2, 0.25) is 0 Å². The first kappa shape index (κ1) is 19.3. The number of thiophene rings is 1. The zero-order chi connectivity index (χ0) is 18.4. The van der Waals surface area contributed by atoms with E-state index in [1.807, 2.05) is 17.5 Å². The van der Waals surface area contributed by atoms with E-state index in [2.05, 4.69) is 52.7 Å². The van der Waals surface area contributed by atoms with Crippen LogP contribution in [0.5, 0.6) is 0 Å². The molecule has 3 heterocycles. The highest BCUT2D eigenvalue weighted by molar-refractivity contribution is 7.11. The summed E-state index contributed by atoms with van der Waals surface area (Å²) in [7, 11) is 0. The molecule has 0 saturated carbocycles. The predicted molar refractivity (Wildman–Crippen MR) is 112 cm³/mol. The highest BCUT2D eigenvalue weighted by atomic mass is 32.1. The third-order valence-electron chi connectivity index (χ3n) is 4.69. The molecular formula is C19H29N5S2. The number of aromatic nitrogens is 1. The summed E-state index contributed by atoms with van der Waals surface area (Å²) in [6.07, 6.45) is 4.18. The smallest absolute Gasteiger partial charge is 0.191 e. The molecule has 0 fully saturated rings. The number of aliphatic imine (C=N–C) groups is 1. The van der Waals surface area contributed by atoms with Crippen LogP contribution in [0.1, 0.15) is 41.1 Å². The Balaban J connectivity index is 1.52. The molecule has 0 aromatic carbocycles. The fourth-order valence-corrected chi connectivity index (χ4v) is 4.77. The van der Waals surface area contributed by atoms with Crippen molar-refractivity contribution in [1.29, 1.82) is 0 Å². The molecule has 2 aromatic heterocycles. The number of aryl methyl sites for hydroxylation is 1. The SMILES string of the molecule is CCNC(=NCc1ncc(CC)s1)NCC(C)N1CCc2sccc2C1. The lowest BCUT2D eigenvalue weighted by Crippen LogP contribution is -2.47. The zero-order valence-electron chi connectivity index (χ0n) is 15.9. The first-order valence-corrected chi connectivity index (χ1v) is 11.1. The van der Waals surface area contributed by atoms with Crippen LogP contribution in [-0.2, 0) is 25.9 Å². The topological polar surface area (TPSA) is 52.6 Å². The lowest BCUT2D eigenvalue weighted by Gasteiger charge is -2.32. The van der Waals surface area contributed by atoms with Crippen molar-refractivity contribution in [2.45, 2.75) is 52.7 Å². The third kappa shape index (κ3) is 5.05. The van der Waals surface area contributed by atoms with Gasteiger partial charge >= 0.3 is 0 Å². The molecule has 3 rings (SSSR count). The molecule has 0 saturated heterocycles. The first-order chi connectivity index (χ1) is 12.7. The van der Waals surface area contributed by atoms with Gasteiger partial charge in [0.25, 0.3) is 0 Å². The summed E-state index contributed by atoms with van der Waals surface area (Å²) in [5, 5.41) is 10.1. The fourth-order valence-electron chi connectivity index (χ4n) is 3.09. The van der Waals surface area contributed by atoms with Crippen molar-refractivity contribution in [2.24, 2.45) is 4.99 Å². The van der Waals surface area contributed by atoms with Crippen molar-refractivity contribution in [2.75, 3.05) is 19.6 Å². The highest BCUT2D eigenvalue weighted by Crippen LogP contribution is 2.24. The van der Waals surface area contributed by atoms with Crippen LogP contribution in [0.15, 0.2) is 22.6 Å². The van der Waals surface area contributed by atoms with Gasteiger partial charge in [-0.15, -0.1) is 22.7 Å². The van der Waals surface area contributed by atoms with Gasteiger partial charge in [0, 0.05) is 48.2 Å². The van der Waals surface area contributed by atoms with Crippen molar-refractivity contribution in [1.82, 2.24) is 20.5 Å². The van der Waals surface area contributed by atoms with Crippen molar-refractivity contribution >= 4 is 28.6 Å². The number of thiazole rings is 1. The van der Waals surface area contributed by atoms with E-state index in [4.69, 9.17) is 4.99 Å². The van der Waals surface area contributed by atoms with Crippen LogP contribution in [-0.4, -0.2) is 41.5 Å². The van der Waals surface area contributed by atoms with Gasteiger partial charge < -0.3 is 10.6 Å². The van der Waals surface area contributed by atoms with Crippen molar-refractivity contribution in [3.63, 3.8) is 0 Å². The van der Waals surface area contributed by atoms with Gasteiger partial charge in [-0.1, -0.05) is 6.92 Å². The maximum Gasteiger partial charge on any atom is 0.191 e. The summed E-state index contributed by atoms with van der Waals surface area (Å²) in [5.41, 5.74) is 1.50. The summed E-state index contributed by atoms with van der Waals surface area (Å²) in [6, 6.07) is 2.75. The molecule has 5 nitrogen and oxygen atoms in total. The Hall–Kier alpha value is -1.44. The molecule has 0 radical (unpaired) electrons. The predicted octanol–water partition coefficient (Wildman–Crippen LogP) is 3.27. The lowest BCUT2D eigenvalue weighted by atomic mass is 10.1. The zero-order valence-corrected chi connectivity index (χ0v) is 17.6. The van der Waals surface area contributed by atoms with Crippen molar-refractivity contribution in [3.05, 3.63) is 38.0 Å². The number of fused-ring (bicyclic) bond motifs is 1. The molecule has 0 amide bonds. The van der Waals surface area contributed by atoms with Crippen LogP contribution in [0, 0.1) is 0 Å². The number of guanidine groups is 1. The standard InChI is InChI=1S/C19H29N5S2/c1-4-16-11-21-18(26-16)12-23-19(20-5-2)22-10-14(3)24-8-6-17-15(13-24)7-9-25-17/h7,9,11,14H,4-6,8,10,12-13H2,1-3H3,(H2,20,22,23). The minimum Gasteiger partial charge on any atom is -0.357 e. The Kier molecular flexibility index (Phi) is 7.05. The normalized spacial score (nSPS) is 16.3. The van der Waals surface area contributed by atoms with E-state index in [1.165, 1.54) is 16.9 Å². The first-order valence-electron chi connectivity index (χ1n) is 9.44. The molecular weight excluding hydrogens is 362 g/mol. The molecule has 142 valence electrons. The monoisotopic (exact) mass is 391 g/mol. The average molecular weight is 392 g/mol. The molecule has 2 N–H and O–H groups in total. The number of rotatable bonds is 7. The van der Waals surface area contributed by atoms with Crippen LogP contribution in [0.3, 0.4) is 0 Å². The third-order valence-corrected chi connectivity index (χ3v) is 6.84. The Bertz CT molecular complexity index is 721. The summed E-state index contributed by atoms with van der Waals surface area (Å²) >= 11 is 3.65. The maximum atomic E-state index is 4.70. The lowest BCUT2D eigenvalue weighted by molar-refractivity contribution is 0.192. The van der Waals surface area contributed by atoms with Crippen LogP contribution in [0.4, 0.5) is 0 Å². The Morgan fingerprint density at radius 1 is 1.38 bits per heavy atom. The molecule has 1 unspecified atom stereocenters. The second kappa shape index (κ2) is 9.48. The van der Waals surface area contributed by atoms with Crippen LogP contribution < -0.4 is 10.6 Å². The second-order valence-electron chi connectivity index (χ2n) is 6.59. The largest absolute Gasteiger partial charge is 0.357 e. The average Bonchev–Trinajstić information content (AvgIpc) is 3.31. The van der Waals surface area contributed by atoms with Crippen LogP contribution >= 0.6 is 22.7 Å². The molecule has 26 heavy (non-hydrogen) atoms. The Morgan fingerprint density at radius 2 is 2.27 bits per heavy atom. The van der Waals surface area contributed by atoms with E-state index in [-0.39, 0.29) is 0 Å². The quantitative estimate of drug-likeness (QED) is 0.562. The van der Waals surface area contributed by atoms with Gasteiger partial charge in [-0.05, 0) is 43.7 Å². The van der Waals surface area contributed by atoms with Gasteiger partial charge in [0.1, 0.15) is 5.01 Å². The molecule has 1 atom stereocenters. The maximum absolute atomic E-state index is 4.70. The van der Waals surface area contributed by atoms with E-state index in [9.17, 15) is 0 Å². The molecule has 1 aliphatic heterocycles. The fraction of sp³-hybridized carbons (Fsp3) is 0.579. The number of hydrogen-bond acceptors (Lipinski definition) is 5. The van der Waals surface area contributed by atoms with E-state index in [1.54, 1.807) is 16.2 Å². The van der Waals surface area contributed by atoms with Crippen molar-refractivity contribution < 1.29 is 0 Å². The molecule has 7 heteroatoms. The summed E-state index contributed by atoms with van der Waals surface area (Å²) < 4.78 is 0. The van der Waals surface area contributed by atoms with Gasteiger partial charge in [0.15, 0.2) is 5.96 Å². The van der Waals surface area contributed by atoms with E-state index in [0.29, 0.717) is 12.6 Å². The number of nitrogens with one attached hydrogen (secondary N) is 2. The van der Waals surface area contributed by atoms with Crippen molar-refractivity contribution in [3.8, 4) is 0 Å². The van der Waals surface area contributed by atoms with Gasteiger partial charge in [0.2, 0.25) is 0 Å². The number of nitrogens with zero attached hydrogens (tertiary/aromatic N) is 3. The molecule has 2 aromatic rings. The van der Waals surface area contributed by atoms with Gasteiger partial charge in [0.05, 0.1) is 6.54 Å². The summed E-state index contributed by atoms with van der Waals surface area (Å²) in [4.78, 5) is 14.6. The molecule has 1 aliphatic rings. The summed E-state index contributed by atoms with van der Waals surface area (Å²) in [5.74, 6) is 0.876. The Morgan fingerprint density at radius 3 is 3.04 bits per heavy atom. The molecule has 0 bridgehead atoms. The van der Waals surface area contributed by atoms with Gasteiger partial charge in [-0.3, -0.25) is 4.90 Å².